The number of amidine groups is 1. The lowest BCUT2D eigenvalue weighted by Crippen LogP contribution is -2.28. The summed E-state index contributed by atoms with van der Waals surface area (Å²) in [5.41, 5.74) is 3.47. The Bertz CT molecular complexity index is 1400. The van der Waals surface area contributed by atoms with Gasteiger partial charge in [-0.2, -0.15) is 0 Å². The third kappa shape index (κ3) is 5.90. The number of ether oxygens (including phenoxy) is 1. The lowest BCUT2D eigenvalue weighted by molar-refractivity contribution is -0.122. The first-order valence-corrected chi connectivity index (χ1v) is 12.3. The Morgan fingerprint density at radius 3 is 2.25 bits per heavy atom. The number of halogens is 1. The molecule has 6 heteroatoms. The van der Waals surface area contributed by atoms with Gasteiger partial charge < -0.3 is 4.74 Å². The second kappa shape index (κ2) is 11.1. The molecule has 4 nitrogen and oxygen atoms in total. The van der Waals surface area contributed by atoms with E-state index in [2.05, 4.69) is 0 Å². The SMILES string of the molecule is O=C1/C(=C\c2ccc(OCc3cccc(F)c3)cc2)SC(=Nc2ccccc2)N1Cc1ccccc1. The van der Waals surface area contributed by atoms with Crippen LogP contribution in [0.2, 0.25) is 0 Å². The molecule has 1 fully saturated rings. The predicted molar refractivity (Wildman–Crippen MR) is 143 cm³/mol. The molecule has 5 rings (SSSR count). The monoisotopic (exact) mass is 494 g/mol. The van der Waals surface area contributed by atoms with E-state index in [-0.39, 0.29) is 18.3 Å². The summed E-state index contributed by atoms with van der Waals surface area (Å²) in [4.78, 5) is 20.4. The number of carbonyl (C=O) groups excluding carboxylic acids is 1. The molecule has 0 radical (unpaired) electrons. The van der Waals surface area contributed by atoms with Crippen molar-refractivity contribution in [2.45, 2.75) is 13.2 Å². The van der Waals surface area contributed by atoms with E-state index in [9.17, 15) is 9.18 Å². The van der Waals surface area contributed by atoms with Gasteiger partial charge >= 0.3 is 0 Å². The molecule has 1 aliphatic heterocycles. The number of nitrogens with zero attached hydrogens (tertiary/aromatic N) is 2. The number of carbonyl (C=O) groups is 1. The highest BCUT2D eigenvalue weighted by atomic mass is 32.2. The molecule has 4 aromatic carbocycles. The lowest BCUT2D eigenvalue weighted by atomic mass is 10.2. The summed E-state index contributed by atoms with van der Waals surface area (Å²) in [5, 5.41) is 0.649. The van der Waals surface area contributed by atoms with Gasteiger partial charge in [0.1, 0.15) is 18.2 Å². The molecule has 1 amide bonds. The summed E-state index contributed by atoms with van der Waals surface area (Å²) in [6, 6.07) is 33.4. The number of hydrogen-bond acceptors (Lipinski definition) is 4. The average Bonchev–Trinajstić information content (AvgIpc) is 3.18. The highest BCUT2D eigenvalue weighted by Gasteiger charge is 2.33. The smallest absolute Gasteiger partial charge is 0.267 e. The van der Waals surface area contributed by atoms with Crippen LogP contribution in [0.1, 0.15) is 16.7 Å². The molecule has 0 N–H and O–H groups in total. The van der Waals surface area contributed by atoms with Crippen molar-refractivity contribution in [3.05, 3.63) is 137 Å². The van der Waals surface area contributed by atoms with Gasteiger partial charge in [-0.1, -0.05) is 72.8 Å². The van der Waals surface area contributed by atoms with Crippen molar-refractivity contribution in [2.24, 2.45) is 4.99 Å². The van der Waals surface area contributed by atoms with Crippen molar-refractivity contribution in [3.63, 3.8) is 0 Å². The van der Waals surface area contributed by atoms with Gasteiger partial charge in [0.15, 0.2) is 5.17 Å². The molecular formula is C30H23FN2O2S. The van der Waals surface area contributed by atoms with Crippen LogP contribution in [0.3, 0.4) is 0 Å². The van der Waals surface area contributed by atoms with Crippen molar-refractivity contribution in [1.82, 2.24) is 4.90 Å². The molecule has 0 bridgehead atoms. The highest BCUT2D eigenvalue weighted by molar-refractivity contribution is 8.18. The molecule has 0 spiro atoms. The average molecular weight is 495 g/mol. The molecule has 1 aliphatic rings. The molecule has 178 valence electrons. The molecule has 0 aromatic heterocycles. The normalized spacial score (nSPS) is 15.6. The van der Waals surface area contributed by atoms with Crippen molar-refractivity contribution >= 4 is 34.6 Å². The van der Waals surface area contributed by atoms with Gasteiger partial charge in [0.25, 0.3) is 5.91 Å². The first kappa shape index (κ1) is 23.6. The maximum atomic E-state index is 13.4. The van der Waals surface area contributed by atoms with Crippen LogP contribution in [0.4, 0.5) is 10.1 Å². The molecule has 0 unspecified atom stereocenters. The summed E-state index contributed by atoms with van der Waals surface area (Å²) in [6.45, 7) is 0.725. The summed E-state index contributed by atoms with van der Waals surface area (Å²) < 4.78 is 19.1. The number of rotatable bonds is 7. The van der Waals surface area contributed by atoms with Crippen LogP contribution in [-0.4, -0.2) is 16.0 Å². The van der Waals surface area contributed by atoms with E-state index >= 15 is 0 Å². The molecular weight excluding hydrogens is 471 g/mol. The highest BCUT2D eigenvalue weighted by Crippen LogP contribution is 2.35. The Labute approximate surface area is 213 Å². The van der Waals surface area contributed by atoms with E-state index in [0.29, 0.717) is 22.4 Å². The summed E-state index contributed by atoms with van der Waals surface area (Å²) in [6.07, 6.45) is 1.87. The Kier molecular flexibility index (Phi) is 7.24. The minimum absolute atomic E-state index is 0.0787. The number of amides is 1. The maximum Gasteiger partial charge on any atom is 0.267 e. The second-order valence-corrected chi connectivity index (χ2v) is 9.21. The minimum Gasteiger partial charge on any atom is -0.489 e. The fourth-order valence-electron chi connectivity index (χ4n) is 3.71. The minimum atomic E-state index is -0.284. The Morgan fingerprint density at radius 2 is 1.53 bits per heavy atom. The van der Waals surface area contributed by atoms with Crippen molar-refractivity contribution in [3.8, 4) is 5.75 Å². The van der Waals surface area contributed by atoms with E-state index < -0.39 is 0 Å². The van der Waals surface area contributed by atoms with E-state index in [1.54, 1.807) is 11.0 Å². The topological polar surface area (TPSA) is 41.9 Å². The van der Waals surface area contributed by atoms with Crippen LogP contribution in [0.15, 0.2) is 119 Å². The Balaban J connectivity index is 1.34. The molecule has 0 aliphatic carbocycles. The van der Waals surface area contributed by atoms with Crippen LogP contribution in [0.25, 0.3) is 6.08 Å². The molecule has 0 saturated carbocycles. The first-order valence-electron chi connectivity index (χ1n) is 11.5. The van der Waals surface area contributed by atoms with Crippen LogP contribution in [-0.2, 0) is 17.9 Å². The third-order valence-electron chi connectivity index (χ3n) is 5.52. The van der Waals surface area contributed by atoms with Gasteiger partial charge in [0.05, 0.1) is 17.1 Å². The Morgan fingerprint density at radius 1 is 0.833 bits per heavy atom. The van der Waals surface area contributed by atoms with Crippen LogP contribution in [0, 0.1) is 5.82 Å². The molecule has 1 saturated heterocycles. The second-order valence-electron chi connectivity index (χ2n) is 8.21. The van der Waals surface area contributed by atoms with Crippen LogP contribution < -0.4 is 4.74 Å². The molecule has 36 heavy (non-hydrogen) atoms. The van der Waals surface area contributed by atoms with Gasteiger partial charge in [-0.3, -0.25) is 9.69 Å². The third-order valence-corrected chi connectivity index (χ3v) is 6.53. The summed E-state index contributed by atoms with van der Waals surface area (Å²) in [5.74, 6) is 0.307. The zero-order chi connectivity index (χ0) is 24.7. The summed E-state index contributed by atoms with van der Waals surface area (Å²) >= 11 is 1.37. The van der Waals surface area contributed by atoms with Crippen LogP contribution in [0.5, 0.6) is 5.75 Å². The van der Waals surface area contributed by atoms with Crippen molar-refractivity contribution in [2.75, 3.05) is 0 Å². The van der Waals surface area contributed by atoms with Gasteiger partial charge in [0, 0.05) is 0 Å². The van der Waals surface area contributed by atoms with Gasteiger partial charge in [-0.05, 0) is 70.9 Å². The number of para-hydroxylation sites is 1. The van der Waals surface area contributed by atoms with E-state index in [1.165, 1.54) is 23.9 Å². The van der Waals surface area contributed by atoms with E-state index in [4.69, 9.17) is 9.73 Å². The molecule has 1 heterocycles. The van der Waals surface area contributed by atoms with E-state index in [0.717, 1.165) is 22.4 Å². The first-order chi connectivity index (χ1) is 17.6. The quantitative estimate of drug-likeness (QED) is 0.255. The van der Waals surface area contributed by atoms with Crippen molar-refractivity contribution in [1.29, 1.82) is 0 Å². The summed E-state index contributed by atoms with van der Waals surface area (Å²) in [7, 11) is 0. The number of aliphatic imine (C=N–C) groups is 1. The number of hydrogen-bond donors (Lipinski definition) is 0. The van der Waals surface area contributed by atoms with Gasteiger partial charge in [-0.15, -0.1) is 0 Å². The molecule has 4 aromatic rings. The van der Waals surface area contributed by atoms with Crippen molar-refractivity contribution < 1.29 is 13.9 Å². The zero-order valence-corrected chi connectivity index (χ0v) is 20.2. The van der Waals surface area contributed by atoms with Gasteiger partial charge in [0.2, 0.25) is 0 Å². The number of benzene rings is 4. The fourth-order valence-corrected chi connectivity index (χ4v) is 4.71. The van der Waals surface area contributed by atoms with E-state index in [1.807, 2.05) is 97.1 Å². The fraction of sp³-hybridized carbons (Fsp3) is 0.0667. The predicted octanol–water partition coefficient (Wildman–Crippen LogP) is 7.21. The zero-order valence-electron chi connectivity index (χ0n) is 19.4. The van der Waals surface area contributed by atoms with Gasteiger partial charge in [-0.25, -0.2) is 9.38 Å². The maximum absolute atomic E-state index is 13.4. The lowest BCUT2D eigenvalue weighted by Gasteiger charge is -2.15. The largest absolute Gasteiger partial charge is 0.489 e. The van der Waals surface area contributed by atoms with Crippen LogP contribution >= 0.6 is 11.8 Å². The number of thioether (sulfide) groups is 1. The molecule has 0 atom stereocenters. The Hall–Kier alpha value is -4.16. The standard InChI is InChI=1S/C30H23FN2O2S/c31-25-11-7-10-24(18-25)21-35-27-16-14-22(15-17-27)19-28-29(34)33(20-23-8-3-1-4-9-23)30(36-28)32-26-12-5-2-6-13-26/h1-19H,20-21H2/b28-19+,32-30?.